The van der Waals surface area contributed by atoms with E-state index < -0.39 is 0 Å². The van der Waals surface area contributed by atoms with Gasteiger partial charge < -0.3 is 28.4 Å². The molecule has 0 saturated heterocycles. The van der Waals surface area contributed by atoms with Crippen molar-refractivity contribution in [2.45, 2.75) is 155 Å². The van der Waals surface area contributed by atoms with Crippen molar-refractivity contribution >= 4 is 5.97 Å². The molecular weight excluding hydrogens is 532 g/mol. The van der Waals surface area contributed by atoms with Gasteiger partial charge in [-0.25, -0.2) is 0 Å². The Bertz CT molecular complexity index is 518. The van der Waals surface area contributed by atoms with E-state index in [1.165, 1.54) is 116 Å². The van der Waals surface area contributed by atoms with Gasteiger partial charge in [0.05, 0.1) is 46.1 Å². The minimum Gasteiger partial charge on any atom is -0.463 e. The van der Waals surface area contributed by atoms with E-state index in [0.29, 0.717) is 46.2 Å². The van der Waals surface area contributed by atoms with Gasteiger partial charge in [-0.15, -0.1) is 0 Å². The number of unbranched alkanes of at least 4 members (excludes halogenated alkanes) is 18. The van der Waals surface area contributed by atoms with Crippen LogP contribution in [0, 0.1) is 0 Å². The standard InChI is InChI=1S/C35H70O7/c1-4-6-8-10-12-14-16-18-20-22-25-40-32-34(41-26-23-21-19-17-15-13-11-9-7-5-2)33-42-35(36)24-27-38-30-31-39-29-28-37-3/h34H,4-33H2,1-3H3. The molecule has 0 fully saturated rings. The maximum atomic E-state index is 12.2. The first-order chi connectivity index (χ1) is 20.7. The van der Waals surface area contributed by atoms with E-state index in [2.05, 4.69) is 13.8 Å². The van der Waals surface area contributed by atoms with Crippen molar-refractivity contribution in [1.29, 1.82) is 0 Å². The average Bonchev–Trinajstić information content (AvgIpc) is 3.00. The summed E-state index contributed by atoms with van der Waals surface area (Å²) in [4.78, 5) is 12.2. The fourth-order valence-corrected chi connectivity index (χ4v) is 4.77. The fourth-order valence-electron chi connectivity index (χ4n) is 4.77. The normalized spacial score (nSPS) is 12.2. The van der Waals surface area contributed by atoms with Crippen LogP contribution < -0.4 is 0 Å². The quantitative estimate of drug-likeness (QED) is 0.0524. The average molecular weight is 603 g/mol. The molecule has 0 N–H and O–H groups in total. The third kappa shape index (κ3) is 33.8. The molecule has 0 rings (SSSR count). The van der Waals surface area contributed by atoms with Gasteiger partial charge >= 0.3 is 5.97 Å². The highest BCUT2D eigenvalue weighted by Gasteiger charge is 2.13. The number of carbonyl (C=O) groups excluding carboxylic acids is 1. The summed E-state index contributed by atoms with van der Waals surface area (Å²) in [6, 6.07) is 0. The van der Waals surface area contributed by atoms with Gasteiger partial charge in [-0.3, -0.25) is 4.79 Å². The van der Waals surface area contributed by atoms with Crippen LogP contribution in [0.25, 0.3) is 0 Å². The molecule has 0 spiro atoms. The first-order valence-corrected chi connectivity index (χ1v) is 17.7. The van der Waals surface area contributed by atoms with Gasteiger partial charge in [0.15, 0.2) is 0 Å². The molecule has 0 amide bonds. The lowest BCUT2D eigenvalue weighted by Crippen LogP contribution is -2.28. The highest BCUT2D eigenvalue weighted by molar-refractivity contribution is 5.69. The second kappa shape index (κ2) is 36.5. The van der Waals surface area contributed by atoms with Gasteiger partial charge in [-0.2, -0.15) is 0 Å². The Morgan fingerprint density at radius 2 is 0.929 bits per heavy atom. The van der Waals surface area contributed by atoms with E-state index in [-0.39, 0.29) is 25.1 Å². The number of methoxy groups -OCH3 is 1. The Morgan fingerprint density at radius 3 is 1.45 bits per heavy atom. The maximum absolute atomic E-state index is 12.2. The van der Waals surface area contributed by atoms with E-state index in [1.807, 2.05) is 0 Å². The molecule has 7 heteroatoms. The van der Waals surface area contributed by atoms with Gasteiger partial charge in [0.2, 0.25) is 0 Å². The lowest BCUT2D eigenvalue weighted by molar-refractivity contribution is -0.151. The van der Waals surface area contributed by atoms with Crippen LogP contribution in [0.5, 0.6) is 0 Å². The first kappa shape index (κ1) is 41.3. The van der Waals surface area contributed by atoms with Crippen LogP contribution in [-0.4, -0.2) is 78.6 Å². The molecule has 0 saturated carbocycles. The largest absolute Gasteiger partial charge is 0.463 e. The number of ether oxygens (including phenoxy) is 6. The van der Waals surface area contributed by atoms with Crippen molar-refractivity contribution < 1.29 is 33.2 Å². The van der Waals surface area contributed by atoms with Gasteiger partial charge in [0.1, 0.15) is 12.7 Å². The minimum atomic E-state index is -0.266. The fraction of sp³-hybridized carbons (Fsp3) is 0.971. The number of rotatable bonds is 36. The highest BCUT2D eigenvalue weighted by atomic mass is 16.6. The van der Waals surface area contributed by atoms with Crippen LogP contribution >= 0.6 is 0 Å². The van der Waals surface area contributed by atoms with Gasteiger partial charge in [-0.1, -0.05) is 129 Å². The molecule has 0 aliphatic carbocycles. The molecular formula is C35H70O7. The van der Waals surface area contributed by atoms with E-state index in [4.69, 9.17) is 28.4 Å². The maximum Gasteiger partial charge on any atom is 0.308 e. The van der Waals surface area contributed by atoms with Crippen LogP contribution in [0.2, 0.25) is 0 Å². The monoisotopic (exact) mass is 603 g/mol. The number of hydrogen-bond donors (Lipinski definition) is 0. The molecule has 0 bridgehead atoms. The molecule has 7 nitrogen and oxygen atoms in total. The Labute approximate surface area is 260 Å². The van der Waals surface area contributed by atoms with Crippen molar-refractivity contribution in [2.24, 2.45) is 0 Å². The van der Waals surface area contributed by atoms with Crippen molar-refractivity contribution in [1.82, 2.24) is 0 Å². The number of hydrogen-bond acceptors (Lipinski definition) is 7. The minimum absolute atomic E-state index is 0.217. The molecule has 42 heavy (non-hydrogen) atoms. The molecule has 0 radical (unpaired) electrons. The molecule has 252 valence electrons. The summed E-state index contributed by atoms with van der Waals surface area (Å²) in [5, 5.41) is 0. The Morgan fingerprint density at radius 1 is 0.476 bits per heavy atom. The molecule has 0 aromatic heterocycles. The summed E-state index contributed by atoms with van der Waals surface area (Å²) in [5.41, 5.74) is 0. The molecule has 0 heterocycles. The lowest BCUT2D eigenvalue weighted by atomic mass is 10.1. The van der Waals surface area contributed by atoms with Crippen molar-refractivity contribution in [3.63, 3.8) is 0 Å². The highest BCUT2D eigenvalue weighted by Crippen LogP contribution is 2.12. The summed E-state index contributed by atoms with van der Waals surface area (Å²) < 4.78 is 33.3. The third-order valence-electron chi connectivity index (χ3n) is 7.48. The Balaban J connectivity index is 4.03. The van der Waals surface area contributed by atoms with Crippen LogP contribution in [0.4, 0.5) is 0 Å². The second-order valence-corrected chi connectivity index (χ2v) is 11.6. The molecule has 0 aromatic carbocycles. The molecule has 0 aliphatic rings. The van der Waals surface area contributed by atoms with Gasteiger partial charge in [0, 0.05) is 20.3 Å². The number of carbonyl (C=O) groups is 1. The van der Waals surface area contributed by atoms with Crippen molar-refractivity contribution in [2.75, 3.05) is 66.6 Å². The molecule has 0 aromatic rings. The molecule has 1 unspecified atom stereocenters. The topological polar surface area (TPSA) is 72.5 Å². The van der Waals surface area contributed by atoms with Crippen molar-refractivity contribution in [3.8, 4) is 0 Å². The lowest BCUT2D eigenvalue weighted by Gasteiger charge is -2.18. The van der Waals surface area contributed by atoms with Crippen LogP contribution in [0.3, 0.4) is 0 Å². The predicted octanol–water partition coefficient (Wildman–Crippen LogP) is 8.84. The van der Waals surface area contributed by atoms with Gasteiger partial charge in [-0.05, 0) is 12.8 Å². The zero-order valence-electron chi connectivity index (χ0n) is 28.1. The molecule has 0 aliphatic heterocycles. The Hall–Kier alpha value is -0.730. The second-order valence-electron chi connectivity index (χ2n) is 11.6. The van der Waals surface area contributed by atoms with E-state index in [9.17, 15) is 4.79 Å². The smallest absolute Gasteiger partial charge is 0.308 e. The SMILES string of the molecule is CCCCCCCCCCCCOCC(COC(=O)CCOCCOCCOC)OCCCCCCCCCCCC. The summed E-state index contributed by atoms with van der Waals surface area (Å²) in [6.07, 6.45) is 26.1. The van der Waals surface area contributed by atoms with Crippen LogP contribution in [0.15, 0.2) is 0 Å². The van der Waals surface area contributed by atoms with E-state index >= 15 is 0 Å². The summed E-state index contributed by atoms with van der Waals surface area (Å²) in [6.45, 7) is 9.04. The van der Waals surface area contributed by atoms with Crippen molar-refractivity contribution in [3.05, 3.63) is 0 Å². The zero-order valence-corrected chi connectivity index (χ0v) is 28.1. The van der Waals surface area contributed by atoms with E-state index in [0.717, 1.165) is 19.4 Å². The van der Waals surface area contributed by atoms with E-state index in [1.54, 1.807) is 7.11 Å². The summed E-state index contributed by atoms with van der Waals surface area (Å²) in [5.74, 6) is -0.266. The van der Waals surface area contributed by atoms with Crippen LogP contribution in [0.1, 0.15) is 149 Å². The summed E-state index contributed by atoms with van der Waals surface area (Å²) in [7, 11) is 1.64. The number of esters is 1. The molecule has 1 atom stereocenters. The zero-order chi connectivity index (χ0) is 30.6. The van der Waals surface area contributed by atoms with Gasteiger partial charge in [0.25, 0.3) is 0 Å². The summed E-state index contributed by atoms with van der Waals surface area (Å²) >= 11 is 0. The Kier molecular flexibility index (Phi) is 35.8. The third-order valence-corrected chi connectivity index (χ3v) is 7.48. The first-order valence-electron chi connectivity index (χ1n) is 17.7. The van der Waals surface area contributed by atoms with Crippen LogP contribution in [-0.2, 0) is 33.2 Å². The predicted molar refractivity (Wildman–Crippen MR) is 173 cm³/mol.